The highest BCUT2D eigenvalue weighted by molar-refractivity contribution is 5.93. The summed E-state index contributed by atoms with van der Waals surface area (Å²) in [7, 11) is 0. The van der Waals surface area contributed by atoms with Gasteiger partial charge in [0.25, 0.3) is 0 Å². The first-order valence-electron chi connectivity index (χ1n) is 8.48. The maximum Gasteiger partial charge on any atom is 0.225 e. The molecule has 1 aromatic carbocycles. The first kappa shape index (κ1) is 18.7. The van der Waals surface area contributed by atoms with Gasteiger partial charge in [0.2, 0.25) is 5.95 Å². The van der Waals surface area contributed by atoms with Crippen molar-refractivity contribution >= 4 is 28.4 Å². The number of aromatic nitrogens is 3. The number of halogens is 1. The Morgan fingerprint density at radius 3 is 2.52 bits per heavy atom. The lowest BCUT2D eigenvalue weighted by atomic mass is 10.1. The number of nitrogens with zero attached hydrogens (tertiary/aromatic N) is 2. The van der Waals surface area contributed by atoms with Crippen molar-refractivity contribution in [3.8, 4) is 0 Å². The van der Waals surface area contributed by atoms with Crippen molar-refractivity contribution in [2.75, 3.05) is 10.6 Å². The molecule has 0 aliphatic rings. The summed E-state index contributed by atoms with van der Waals surface area (Å²) in [5.41, 5.74) is 2.06. The molecular formula is C19H26FN5. The molecule has 0 bridgehead atoms. The number of hydrogen-bond acceptors (Lipinski definition) is 4. The first-order chi connectivity index (χ1) is 11.8. The fourth-order valence-electron chi connectivity index (χ4n) is 2.32. The second-order valence-electron chi connectivity index (χ2n) is 6.59. The van der Waals surface area contributed by atoms with Crippen LogP contribution in [0.25, 0.3) is 10.9 Å². The summed E-state index contributed by atoms with van der Waals surface area (Å²) in [6.45, 7) is 12.1. The molecule has 3 rings (SSSR count). The third-order valence-corrected chi connectivity index (χ3v) is 3.38. The van der Waals surface area contributed by atoms with Crippen molar-refractivity contribution in [3.05, 3.63) is 42.0 Å². The van der Waals surface area contributed by atoms with E-state index in [9.17, 15) is 4.39 Å². The van der Waals surface area contributed by atoms with E-state index >= 15 is 0 Å². The van der Waals surface area contributed by atoms with Crippen LogP contribution < -0.4 is 10.6 Å². The topological polar surface area (TPSA) is 65.6 Å². The van der Waals surface area contributed by atoms with E-state index in [1.54, 1.807) is 18.5 Å². The van der Waals surface area contributed by atoms with Gasteiger partial charge in [0.05, 0.1) is 5.52 Å². The molecule has 2 aromatic heterocycles. The summed E-state index contributed by atoms with van der Waals surface area (Å²) >= 11 is 0. The SMILES string of the molecule is CC.Cc1cnc(NC(C)(C)C)nc1Nc1ccc(F)c2[nH]ccc12. The van der Waals surface area contributed by atoms with Crippen molar-refractivity contribution in [2.24, 2.45) is 0 Å². The van der Waals surface area contributed by atoms with E-state index in [0.717, 1.165) is 16.6 Å². The van der Waals surface area contributed by atoms with Gasteiger partial charge in [-0.15, -0.1) is 0 Å². The van der Waals surface area contributed by atoms with Crippen LogP contribution in [0.1, 0.15) is 40.2 Å². The number of hydrogen-bond donors (Lipinski definition) is 3. The summed E-state index contributed by atoms with van der Waals surface area (Å²) in [5.74, 6) is 0.976. The third kappa shape index (κ3) is 4.47. The summed E-state index contributed by atoms with van der Waals surface area (Å²) in [5, 5.41) is 7.31. The van der Waals surface area contributed by atoms with Crippen molar-refractivity contribution in [1.29, 1.82) is 0 Å². The van der Waals surface area contributed by atoms with Crippen LogP contribution in [0.5, 0.6) is 0 Å². The van der Waals surface area contributed by atoms with E-state index in [0.29, 0.717) is 17.3 Å². The zero-order chi connectivity index (χ0) is 18.6. The van der Waals surface area contributed by atoms with Gasteiger partial charge in [-0.2, -0.15) is 4.98 Å². The quantitative estimate of drug-likeness (QED) is 0.597. The fraction of sp³-hybridized carbons (Fsp3) is 0.368. The molecule has 6 heteroatoms. The Kier molecular flexibility index (Phi) is 5.62. The second-order valence-corrected chi connectivity index (χ2v) is 6.59. The van der Waals surface area contributed by atoms with Crippen LogP contribution >= 0.6 is 0 Å². The zero-order valence-electron chi connectivity index (χ0n) is 15.7. The molecule has 25 heavy (non-hydrogen) atoms. The number of rotatable bonds is 3. The predicted molar refractivity (Wildman–Crippen MR) is 103 cm³/mol. The van der Waals surface area contributed by atoms with Gasteiger partial charge in [-0.1, -0.05) is 13.8 Å². The smallest absolute Gasteiger partial charge is 0.225 e. The van der Waals surface area contributed by atoms with Gasteiger partial charge in [-0.05, 0) is 45.9 Å². The Morgan fingerprint density at radius 1 is 1.12 bits per heavy atom. The highest BCUT2D eigenvalue weighted by atomic mass is 19.1. The fourth-order valence-corrected chi connectivity index (χ4v) is 2.32. The van der Waals surface area contributed by atoms with Crippen LogP contribution in [0.4, 0.5) is 21.8 Å². The summed E-state index contributed by atoms with van der Waals surface area (Å²) in [6.07, 6.45) is 3.49. The van der Waals surface area contributed by atoms with Crippen LogP contribution in [0.3, 0.4) is 0 Å². The number of H-pyrrole nitrogens is 1. The molecule has 0 spiro atoms. The molecule has 5 nitrogen and oxygen atoms in total. The minimum absolute atomic E-state index is 0.129. The lowest BCUT2D eigenvalue weighted by Crippen LogP contribution is -2.27. The van der Waals surface area contributed by atoms with Gasteiger partial charge in [0.15, 0.2) is 0 Å². The summed E-state index contributed by atoms with van der Waals surface area (Å²) in [6, 6.07) is 4.99. The maximum atomic E-state index is 13.8. The summed E-state index contributed by atoms with van der Waals surface area (Å²) < 4.78 is 13.8. The average molecular weight is 343 g/mol. The maximum absolute atomic E-state index is 13.8. The van der Waals surface area contributed by atoms with Crippen molar-refractivity contribution < 1.29 is 4.39 Å². The molecule has 2 heterocycles. The average Bonchev–Trinajstić information content (AvgIpc) is 3.04. The number of nitrogens with one attached hydrogen (secondary N) is 3. The molecule has 0 fully saturated rings. The molecule has 0 aliphatic heterocycles. The Balaban J connectivity index is 0.00000109. The van der Waals surface area contributed by atoms with E-state index in [1.165, 1.54) is 6.07 Å². The van der Waals surface area contributed by atoms with Crippen molar-refractivity contribution in [1.82, 2.24) is 15.0 Å². The third-order valence-electron chi connectivity index (χ3n) is 3.38. The normalized spacial score (nSPS) is 11.0. The summed E-state index contributed by atoms with van der Waals surface area (Å²) in [4.78, 5) is 11.7. The highest BCUT2D eigenvalue weighted by Gasteiger charge is 2.13. The van der Waals surface area contributed by atoms with Crippen molar-refractivity contribution in [3.63, 3.8) is 0 Å². The Bertz CT molecular complexity index is 849. The molecule has 0 atom stereocenters. The van der Waals surface area contributed by atoms with Gasteiger partial charge in [-0.25, -0.2) is 9.37 Å². The van der Waals surface area contributed by atoms with Gasteiger partial charge >= 0.3 is 0 Å². The monoisotopic (exact) mass is 343 g/mol. The minimum atomic E-state index is -0.273. The molecule has 3 N–H and O–H groups in total. The van der Waals surface area contributed by atoms with Gasteiger partial charge in [-0.3, -0.25) is 0 Å². The van der Waals surface area contributed by atoms with E-state index in [-0.39, 0.29) is 11.4 Å². The van der Waals surface area contributed by atoms with Crippen LogP contribution in [-0.4, -0.2) is 20.5 Å². The lowest BCUT2D eigenvalue weighted by Gasteiger charge is -2.21. The number of aryl methyl sites for hydroxylation is 1. The Morgan fingerprint density at radius 2 is 1.84 bits per heavy atom. The molecule has 0 saturated carbocycles. The molecule has 0 amide bonds. The van der Waals surface area contributed by atoms with Crippen LogP contribution in [-0.2, 0) is 0 Å². The van der Waals surface area contributed by atoms with Gasteiger partial charge < -0.3 is 15.6 Å². The zero-order valence-corrected chi connectivity index (χ0v) is 15.7. The molecule has 3 aromatic rings. The van der Waals surface area contributed by atoms with E-state index < -0.39 is 0 Å². The van der Waals surface area contributed by atoms with Gasteiger partial charge in [0.1, 0.15) is 11.6 Å². The van der Waals surface area contributed by atoms with Crippen molar-refractivity contribution in [2.45, 2.75) is 47.1 Å². The minimum Gasteiger partial charge on any atom is -0.359 e. The second kappa shape index (κ2) is 7.51. The lowest BCUT2D eigenvalue weighted by molar-refractivity contribution is 0.626. The number of aromatic amines is 1. The van der Waals surface area contributed by atoms with Gasteiger partial charge in [0, 0.05) is 34.6 Å². The predicted octanol–water partition coefficient (Wildman–Crippen LogP) is 5.39. The van der Waals surface area contributed by atoms with Crippen LogP contribution in [0.15, 0.2) is 30.6 Å². The molecule has 0 radical (unpaired) electrons. The largest absolute Gasteiger partial charge is 0.359 e. The van der Waals surface area contributed by atoms with E-state index in [2.05, 4.69) is 25.6 Å². The molecule has 0 unspecified atom stereocenters. The molecule has 0 saturated heterocycles. The van der Waals surface area contributed by atoms with E-state index in [4.69, 9.17) is 0 Å². The number of anilines is 3. The Hall–Kier alpha value is -2.63. The highest BCUT2D eigenvalue weighted by Crippen LogP contribution is 2.28. The number of benzene rings is 1. The molecule has 134 valence electrons. The van der Waals surface area contributed by atoms with Crippen LogP contribution in [0.2, 0.25) is 0 Å². The van der Waals surface area contributed by atoms with Crippen LogP contribution in [0, 0.1) is 12.7 Å². The number of fused-ring (bicyclic) bond motifs is 1. The molecular weight excluding hydrogens is 317 g/mol. The first-order valence-corrected chi connectivity index (χ1v) is 8.48. The standard InChI is InChI=1S/C17H20FN5.C2H6/c1-10-9-20-16(23-17(2,3)4)22-15(10)21-13-6-5-12(18)14-11(13)7-8-19-14;1-2/h5-9,19H,1-4H3,(H2,20,21,22,23);1-2H3. The van der Waals surface area contributed by atoms with E-state index in [1.807, 2.05) is 47.6 Å². The Labute approximate surface area is 148 Å². The molecule has 0 aliphatic carbocycles.